The van der Waals surface area contributed by atoms with Crippen LogP contribution in [0.1, 0.15) is 18.6 Å². The summed E-state index contributed by atoms with van der Waals surface area (Å²) in [7, 11) is 3.21. The minimum atomic E-state index is -0.0594. The summed E-state index contributed by atoms with van der Waals surface area (Å²) in [4.78, 5) is 0. The Morgan fingerprint density at radius 3 is 2.50 bits per heavy atom. The second kappa shape index (κ2) is 6.04. The molecule has 0 N–H and O–H groups in total. The third-order valence-corrected chi connectivity index (χ3v) is 2.29. The van der Waals surface area contributed by atoms with Crippen molar-refractivity contribution in [3.05, 3.63) is 23.8 Å². The molecular formula is C13H16O3. The van der Waals surface area contributed by atoms with Gasteiger partial charge in [-0.1, -0.05) is 12.0 Å². The van der Waals surface area contributed by atoms with Gasteiger partial charge < -0.3 is 14.2 Å². The van der Waals surface area contributed by atoms with Crippen molar-refractivity contribution in [1.82, 2.24) is 0 Å². The Hall–Kier alpha value is -1.66. The number of rotatable bonds is 5. The molecule has 0 saturated carbocycles. The summed E-state index contributed by atoms with van der Waals surface area (Å²) >= 11 is 0. The van der Waals surface area contributed by atoms with Crippen molar-refractivity contribution in [3.8, 4) is 23.8 Å². The van der Waals surface area contributed by atoms with Gasteiger partial charge in [0.1, 0.15) is 6.61 Å². The molecule has 0 aromatic heterocycles. The largest absolute Gasteiger partial charge is 0.493 e. The molecule has 3 heteroatoms. The SMILES string of the molecule is C#CCOC(C)c1ccc(OC)c(OC)c1. The average Bonchev–Trinajstić information content (AvgIpc) is 2.34. The summed E-state index contributed by atoms with van der Waals surface area (Å²) in [5, 5.41) is 0. The van der Waals surface area contributed by atoms with Crippen LogP contribution >= 0.6 is 0 Å². The number of hydrogen-bond donors (Lipinski definition) is 0. The normalized spacial score (nSPS) is 11.6. The van der Waals surface area contributed by atoms with Crippen LogP contribution in [0.4, 0.5) is 0 Å². The van der Waals surface area contributed by atoms with E-state index in [9.17, 15) is 0 Å². The lowest BCUT2D eigenvalue weighted by molar-refractivity contribution is 0.0924. The number of hydrogen-bond acceptors (Lipinski definition) is 3. The molecule has 0 aliphatic heterocycles. The van der Waals surface area contributed by atoms with E-state index in [1.165, 1.54) is 0 Å². The highest BCUT2D eigenvalue weighted by atomic mass is 16.5. The molecule has 3 nitrogen and oxygen atoms in total. The van der Waals surface area contributed by atoms with Crippen LogP contribution in [-0.4, -0.2) is 20.8 Å². The molecule has 0 spiro atoms. The lowest BCUT2D eigenvalue weighted by Gasteiger charge is -2.14. The molecule has 0 amide bonds. The standard InChI is InChI=1S/C13H16O3/c1-5-8-16-10(2)11-6-7-12(14-3)13(9-11)15-4/h1,6-7,9-10H,8H2,2-4H3. The Kier molecular flexibility index (Phi) is 4.68. The highest BCUT2D eigenvalue weighted by Crippen LogP contribution is 2.30. The van der Waals surface area contributed by atoms with Gasteiger partial charge in [-0.15, -0.1) is 6.42 Å². The van der Waals surface area contributed by atoms with Gasteiger partial charge in [0.15, 0.2) is 11.5 Å². The molecule has 0 saturated heterocycles. The van der Waals surface area contributed by atoms with E-state index in [1.54, 1.807) is 14.2 Å². The van der Waals surface area contributed by atoms with Gasteiger partial charge in [-0.3, -0.25) is 0 Å². The zero-order chi connectivity index (χ0) is 12.0. The van der Waals surface area contributed by atoms with Crippen molar-refractivity contribution in [2.45, 2.75) is 13.0 Å². The van der Waals surface area contributed by atoms with Crippen molar-refractivity contribution in [2.75, 3.05) is 20.8 Å². The zero-order valence-corrected chi connectivity index (χ0v) is 9.82. The first kappa shape index (κ1) is 12.4. The molecule has 0 fully saturated rings. The number of ether oxygens (including phenoxy) is 3. The molecule has 86 valence electrons. The van der Waals surface area contributed by atoms with E-state index in [2.05, 4.69) is 5.92 Å². The van der Waals surface area contributed by atoms with E-state index in [1.807, 2.05) is 25.1 Å². The van der Waals surface area contributed by atoms with Crippen LogP contribution in [0.5, 0.6) is 11.5 Å². The molecule has 0 heterocycles. The fourth-order valence-electron chi connectivity index (χ4n) is 1.38. The molecule has 1 rings (SSSR count). The van der Waals surface area contributed by atoms with E-state index < -0.39 is 0 Å². The summed E-state index contributed by atoms with van der Waals surface area (Å²) in [5.41, 5.74) is 1.01. The minimum absolute atomic E-state index is 0.0594. The van der Waals surface area contributed by atoms with Gasteiger partial charge in [0.25, 0.3) is 0 Å². The predicted molar refractivity (Wildman–Crippen MR) is 62.7 cm³/mol. The third-order valence-electron chi connectivity index (χ3n) is 2.29. The van der Waals surface area contributed by atoms with Crippen molar-refractivity contribution in [2.24, 2.45) is 0 Å². The molecule has 1 unspecified atom stereocenters. The van der Waals surface area contributed by atoms with E-state index in [0.29, 0.717) is 18.1 Å². The minimum Gasteiger partial charge on any atom is -0.493 e. The summed E-state index contributed by atoms with van der Waals surface area (Å²) < 4.78 is 15.8. The maximum Gasteiger partial charge on any atom is 0.161 e. The average molecular weight is 220 g/mol. The predicted octanol–water partition coefficient (Wildman–Crippen LogP) is 2.41. The maximum absolute atomic E-state index is 5.42. The van der Waals surface area contributed by atoms with Gasteiger partial charge in [-0.05, 0) is 24.6 Å². The van der Waals surface area contributed by atoms with Crippen LogP contribution < -0.4 is 9.47 Å². The van der Waals surface area contributed by atoms with Gasteiger partial charge in [-0.2, -0.15) is 0 Å². The summed E-state index contributed by atoms with van der Waals surface area (Å²) in [6, 6.07) is 5.67. The fourth-order valence-corrected chi connectivity index (χ4v) is 1.38. The van der Waals surface area contributed by atoms with Gasteiger partial charge >= 0.3 is 0 Å². The van der Waals surface area contributed by atoms with Crippen LogP contribution in [0.2, 0.25) is 0 Å². The molecule has 0 aliphatic carbocycles. The first-order valence-corrected chi connectivity index (χ1v) is 5.00. The van der Waals surface area contributed by atoms with E-state index in [-0.39, 0.29) is 6.10 Å². The fraction of sp³-hybridized carbons (Fsp3) is 0.385. The van der Waals surface area contributed by atoms with E-state index in [0.717, 1.165) is 5.56 Å². The topological polar surface area (TPSA) is 27.7 Å². The van der Waals surface area contributed by atoms with Crippen molar-refractivity contribution in [1.29, 1.82) is 0 Å². The Morgan fingerprint density at radius 1 is 1.25 bits per heavy atom. The van der Waals surface area contributed by atoms with Crippen molar-refractivity contribution >= 4 is 0 Å². The Labute approximate surface area is 96.3 Å². The van der Waals surface area contributed by atoms with Gasteiger partial charge in [0.2, 0.25) is 0 Å². The summed E-state index contributed by atoms with van der Waals surface area (Å²) in [6.07, 6.45) is 5.08. The van der Waals surface area contributed by atoms with Crippen molar-refractivity contribution in [3.63, 3.8) is 0 Å². The molecule has 1 atom stereocenters. The second-order valence-electron chi connectivity index (χ2n) is 3.27. The highest BCUT2D eigenvalue weighted by Gasteiger charge is 2.09. The maximum atomic E-state index is 5.42. The smallest absolute Gasteiger partial charge is 0.161 e. The summed E-state index contributed by atoms with van der Waals surface area (Å²) in [5.74, 6) is 3.84. The Morgan fingerprint density at radius 2 is 1.94 bits per heavy atom. The Bertz CT molecular complexity index is 379. The van der Waals surface area contributed by atoms with Gasteiger partial charge in [0, 0.05) is 0 Å². The first-order chi connectivity index (χ1) is 7.72. The van der Waals surface area contributed by atoms with Crippen molar-refractivity contribution < 1.29 is 14.2 Å². The third kappa shape index (κ3) is 2.91. The lowest BCUT2D eigenvalue weighted by Crippen LogP contribution is -2.01. The van der Waals surface area contributed by atoms with Gasteiger partial charge in [-0.25, -0.2) is 0 Å². The van der Waals surface area contributed by atoms with Gasteiger partial charge in [0.05, 0.1) is 20.3 Å². The molecule has 0 aliphatic rings. The van der Waals surface area contributed by atoms with Crippen LogP contribution in [0.15, 0.2) is 18.2 Å². The number of methoxy groups -OCH3 is 2. The lowest BCUT2D eigenvalue weighted by atomic mass is 10.1. The number of benzene rings is 1. The first-order valence-electron chi connectivity index (χ1n) is 5.00. The second-order valence-corrected chi connectivity index (χ2v) is 3.27. The molecule has 1 aromatic carbocycles. The zero-order valence-electron chi connectivity index (χ0n) is 9.82. The Balaban J connectivity index is 2.86. The van der Waals surface area contributed by atoms with E-state index >= 15 is 0 Å². The summed E-state index contributed by atoms with van der Waals surface area (Å²) in [6.45, 7) is 2.24. The molecular weight excluding hydrogens is 204 g/mol. The highest BCUT2D eigenvalue weighted by molar-refractivity contribution is 5.43. The monoisotopic (exact) mass is 220 g/mol. The van der Waals surface area contributed by atoms with Crippen LogP contribution in [0, 0.1) is 12.3 Å². The molecule has 0 bridgehead atoms. The van der Waals surface area contributed by atoms with Crippen LogP contribution in [0.25, 0.3) is 0 Å². The molecule has 0 radical (unpaired) electrons. The van der Waals surface area contributed by atoms with Crippen LogP contribution in [-0.2, 0) is 4.74 Å². The molecule has 1 aromatic rings. The van der Waals surface area contributed by atoms with E-state index in [4.69, 9.17) is 20.6 Å². The number of terminal acetylenes is 1. The quantitative estimate of drug-likeness (QED) is 0.713. The van der Waals surface area contributed by atoms with Crippen LogP contribution in [0.3, 0.4) is 0 Å². The molecule has 16 heavy (non-hydrogen) atoms.